The van der Waals surface area contributed by atoms with E-state index in [0.717, 1.165) is 17.8 Å². The largest absolute Gasteiger partial charge is 0.416 e. The molecular weight excluding hydrogens is 467 g/mol. The molecule has 1 saturated heterocycles. The SMILES string of the molecule is CC(=O)N1CCN(c2ccc(S(=O)(=O)N(Cc3cccc(C(F)(F)F)c3)CC(C)C)cc2)CC1. The summed E-state index contributed by atoms with van der Waals surface area (Å²) in [7, 11) is -3.93. The van der Waals surface area contributed by atoms with E-state index < -0.39 is 21.8 Å². The van der Waals surface area contributed by atoms with Crippen LogP contribution in [0.1, 0.15) is 31.9 Å². The lowest BCUT2D eigenvalue weighted by Gasteiger charge is -2.35. The molecule has 0 bridgehead atoms. The van der Waals surface area contributed by atoms with Gasteiger partial charge in [-0.3, -0.25) is 4.79 Å². The highest BCUT2D eigenvalue weighted by Crippen LogP contribution is 2.30. The van der Waals surface area contributed by atoms with Crippen molar-refractivity contribution < 1.29 is 26.4 Å². The molecule has 0 saturated carbocycles. The number of rotatable bonds is 7. The molecule has 6 nitrogen and oxygen atoms in total. The number of carbonyl (C=O) groups is 1. The third kappa shape index (κ3) is 6.29. The molecule has 0 unspecified atom stereocenters. The first kappa shape index (κ1) is 26.0. The second-order valence-corrected chi connectivity index (χ2v) is 10.8. The van der Waals surface area contributed by atoms with Crippen LogP contribution in [0, 0.1) is 5.92 Å². The average Bonchev–Trinajstić information content (AvgIpc) is 2.78. The fourth-order valence-corrected chi connectivity index (χ4v) is 5.55. The van der Waals surface area contributed by atoms with Gasteiger partial charge in [-0.15, -0.1) is 0 Å². The zero-order valence-electron chi connectivity index (χ0n) is 19.5. The number of anilines is 1. The topological polar surface area (TPSA) is 60.9 Å². The van der Waals surface area contributed by atoms with E-state index in [-0.39, 0.29) is 35.4 Å². The molecule has 0 aliphatic carbocycles. The number of amides is 1. The van der Waals surface area contributed by atoms with Gasteiger partial charge in [0.15, 0.2) is 0 Å². The standard InChI is InChI=1S/C24H30F3N3O3S/c1-18(2)16-30(17-20-5-4-6-21(15-20)24(25,26)27)34(32,33)23-9-7-22(8-10-23)29-13-11-28(12-14-29)19(3)31/h4-10,15,18H,11-14,16-17H2,1-3H3. The van der Waals surface area contributed by atoms with Gasteiger partial charge in [0.2, 0.25) is 15.9 Å². The first-order chi connectivity index (χ1) is 15.9. The molecule has 1 heterocycles. The Balaban J connectivity index is 1.80. The van der Waals surface area contributed by atoms with Crippen LogP contribution >= 0.6 is 0 Å². The molecule has 3 rings (SSSR count). The van der Waals surface area contributed by atoms with Crippen LogP contribution in [0.2, 0.25) is 0 Å². The lowest BCUT2D eigenvalue weighted by Crippen LogP contribution is -2.48. The Kier molecular flexibility index (Phi) is 7.92. The van der Waals surface area contributed by atoms with Crippen molar-refractivity contribution in [2.45, 2.75) is 38.4 Å². The maximum absolute atomic E-state index is 13.4. The molecule has 2 aromatic carbocycles. The summed E-state index contributed by atoms with van der Waals surface area (Å²) in [6, 6.07) is 11.3. The number of hydrogen-bond donors (Lipinski definition) is 0. The first-order valence-corrected chi connectivity index (χ1v) is 12.6. The molecule has 0 radical (unpaired) electrons. The monoisotopic (exact) mass is 497 g/mol. The number of piperazine rings is 1. The van der Waals surface area contributed by atoms with Crippen molar-refractivity contribution in [1.29, 1.82) is 0 Å². The van der Waals surface area contributed by atoms with E-state index in [9.17, 15) is 26.4 Å². The van der Waals surface area contributed by atoms with Gasteiger partial charge in [0, 0.05) is 51.9 Å². The first-order valence-electron chi connectivity index (χ1n) is 11.1. The Labute approximate surface area is 199 Å². The van der Waals surface area contributed by atoms with Crippen molar-refractivity contribution in [1.82, 2.24) is 9.21 Å². The quantitative estimate of drug-likeness (QED) is 0.575. The van der Waals surface area contributed by atoms with Gasteiger partial charge in [-0.2, -0.15) is 17.5 Å². The van der Waals surface area contributed by atoms with E-state index >= 15 is 0 Å². The van der Waals surface area contributed by atoms with Crippen molar-refractivity contribution in [3.8, 4) is 0 Å². The molecule has 0 N–H and O–H groups in total. The highest BCUT2D eigenvalue weighted by molar-refractivity contribution is 7.89. The maximum Gasteiger partial charge on any atom is 0.416 e. The molecule has 1 fully saturated rings. The minimum atomic E-state index is -4.50. The van der Waals surface area contributed by atoms with Gasteiger partial charge in [-0.25, -0.2) is 8.42 Å². The van der Waals surface area contributed by atoms with Crippen LogP contribution in [-0.2, 0) is 27.5 Å². The lowest BCUT2D eigenvalue weighted by molar-refractivity contribution is -0.137. The van der Waals surface area contributed by atoms with Crippen molar-refractivity contribution >= 4 is 21.6 Å². The molecule has 1 amide bonds. The molecule has 2 aromatic rings. The van der Waals surface area contributed by atoms with E-state index in [1.165, 1.54) is 35.5 Å². The van der Waals surface area contributed by atoms with E-state index in [4.69, 9.17) is 0 Å². The number of carbonyl (C=O) groups excluding carboxylic acids is 1. The van der Waals surface area contributed by atoms with Gasteiger partial charge >= 0.3 is 6.18 Å². The van der Waals surface area contributed by atoms with Crippen molar-refractivity contribution in [2.24, 2.45) is 5.92 Å². The number of hydrogen-bond acceptors (Lipinski definition) is 4. The van der Waals surface area contributed by atoms with Crippen LogP contribution in [0.5, 0.6) is 0 Å². The van der Waals surface area contributed by atoms with Crippen molar-refractivity contribution in [2.75, 3.05) is 37.6 Å². The summed E-state index contributed by atoms with van der Waals surface area (Å²) >= 11 is 0. The smallest absolute Gasteiger partial charge is 0.368 e. The lowest BCUT2D eigenvalue weighted by atomic mass is 10.1. The van der Waals surface area contributed by atoms with Gasteiger partial charge in [-0.1, -0.05) is 32.0 Å². The minimum absolute atomic E-state index is 0.0163. The predicted molar refractivity (Wildman–Crippen MR) is 125 cm³/mol. The summed E-state index contributed by atoms with van der Waals surface area (Å²) in [6.45, 7) is 7.80. The van der Waals surface area contributed by atoms with Crippen LogP contribution in [0.25, 0.3) is 0 Å². The summed E-state index contributed by atoms with van der Waals surface area (Å²) < 4.78 is 67.4. The van der Waals surface area contributed by atoms with E-state index in [1.807, 2.05) is 13.8 Å². The Morgan fingerprint density at radius 1 is 1.03 bits per heavy atom. The maximum atomic E-state index is 13.4. The highest BCUT2D eigenvalue weighted by Gasteiger charge is 2.31. The van der Waals surface area contributed by atoms with Gasteiger partial charge in [-0.05, 0) is 41.8 Å². The van der Waals surface area contributed by atoms with Crippen LogP contribution in [0.15, 0.2) is 53.4 Å². The minimum Gasteiger partial charge on any atom is -0.368 e. The van der Waals surface area contributed by atoms with Gasteiger partial charge in [0.25, 0.3) is 0 Å². The van der Waals surface area contributed by atoms with E-state index in [1.54, 1.807) is 17.0 Å². The summed E-state index contributed by atoms with van der Waals surface area (Å²) in [4.78, 5) is 15.5. The summed E-state index contributed by atoms with van der Waals surface area (Å²) in [6.07, 6.45) is -4.50. The molecule has 0 aromatic heterocycles. The third-order valence-electron chi connectivity index (χ3n) is 5.75. The molecule has 186 valence electrons. The van der Waals surface area contributed by atoms with Crippen LogP contribution in [0.4, 0.5) is 18.9 Å². The number of sulfonamides is 1. The predicted octanol–water partition coefficient (Wildman–Crippen LogP) is 4.22. The van der Waals surface area contributed by atoms with Crippen LogP contribution < -0.4 is 4.90 Å². The Morgan fingerprint density at radius 2 is 1.65 bits per heavy atom. The van der Waals surface area contributed by atoms with Crippen LogP contribution in [-0.4, -0.2) is 56.3 Å². The molecule has 1 aliphatic rings. The van der Waals surface area contributed by atoms with Crippen molar-refractivity contribution in [3.63, 3.8) is 0 Å². The molecule has 10 heteroatoms. The van der Waals surface area contributed by atoms with Gasteiger partial charge in [0.1, 0.15) is 0 Å². The fraction of sp³-hybridized carbons (Fsp3) is 0.458. The van der Waals surface area contributed by atoms with Crippen molar-refractivity contribution in [3.05, 3.63) is 59.7 Å². The Morgan fingerprint density at radius 3 is 2.18 bits per heavy atom. The number of halogens is 3. The number of nitrogens with zero attached hydrogens (tertiary/aromatic N) is 3. The zero-order chi connectivity index (χ0) is 25.1. The number of benzene rings is 2. The van der Waals surface area contributed by atoms with E-state index in [2.05, 4.69) is 4.90 Å². The normalized spacial score (nSPS) is 15.3. The summed E-state index contributed by atoms with van der Waals surface area (Å²) in [5.41, 5.74) is 0.329. The molecule has 34 heavy (non-hydrogen) atoms. The molecule has 1 aliphatic heterocycles. The van der Waals surface area contributed by atoms with Gasteiger partial charge < -0.3 is 9.80 Å². The third-order valence-corrected chi connectivity index (χ3v) is 7.57. The van der Waals surface area contributed by atoms with E-state index in [0.29, 0.717) is 26.2 Å². The van der Waals surface area contributed by atoms with Crippen LogP contribution in [0.3, 0.4) is 0 Å². The average molecular weight is 498 g/mol. The summed E-state index contributed by atoms with van der Waals surface area (Å²) in [5, 5.41) is 0. The number of alkyl halides is 3. The molecule has 0 atom stereocenters. The Bertz CT molecular complexity index is 1090. The molecule has 0 spiro atoms. The second-order valence-electron chi connectivity index (χ2n) is 8.88. The summed E-state index contributed by atoms with van der Waals surface area (Å²) in [5.74, 6) is 0.0181. The molecular formula is C24H30F3N3O3S. The zero-order valence-corrected chi connectivity index (χ0v) is 20.4. The Hall–Kier alpha value is -2.59. The highest BCUT2D eigenvalue weighted by atomic mass is 32.2. The fourth-order valence-electron chi connectivity index (χ4n) is 3.96. The van der Waals surface area contributed by atoms with Gasteiger partial charge in [0.05, 0.1) is 10.5 Å². The second kappa shape index (κ2) is 10.4.